The molecule has 78 valence electrons. The zero-order chi connectivity index (χ0) is 9.90. The van der Waals surface area contributed by atoms with Crippen molar-refractivity contribution in [3.05, 3.63) is 0 Å². The van der Waals surface area contributed by atoms with Gasteiger partial charge in [-0.1, -0.05) is 20.8 Å². The molecular weight excluding hydrogens is 162 g/mol. The van der Waals surface area contributed by atoms with E-state index < -0.39 is 0 Å². The third-order valence-corrected chi connectivity index (χ3v) is 2.83. The number of hydrogen-bond acceptors (Lipinski definition) is 2. The Balaban J connectivity index is 2.27. The van der Waals surface area contributed by atoms with Gasteiger partial charge in [-0.05, 0) is 37.1 Å². The second-order valence-corrected chi connectivity index (χ2v) is 5.42. The lowest BCUT2D eigenvalue weighted by molar-refractivity contribution is 0.0682. The Hall–Kier alpha value is -0.0800. The maximum atomic E-state index is 9.73. The van der Waals surface area contributed by atoms with E-state index in [-0.39, 0.29) is 6.10 Å². The normalized spacial score (nSPS) is 30.5. The fraction of sp³-hybridized carbons (Fsp3) is 1.00. The molecule has 1 aliphatic heterocycles. The molecule has 0 saturated carbocycles. The van der Waals surface area contributed by atoms with Crippen molar-refractivity contribution in [2.75, 3.05) is 13.1 Å². The van der Waals surface area contributed by atoms with E-state index in [1.807, 2.05) is 0 Å². The molecule has 1 saturated heterocycles. The smallest absolute Gasteiger partial charge is 0.0592 e. The number of nitrogens with one attached hydrogen (secondary N) is 1. The minimum Gasteiger partial charge on any atom is -0.393 e. The van der Waals surface area contributed by atoms with Crippen LogP contribution in [0.25, 0.3) is 0 Å². The molecule has 1 rings (SSSR count). The third kappa shape index (κ3) is 4.10. The van der Waals surface area contributed by atoms with Crippen molar-refractivity contribution in [2.45, 2.75) is 46.1 Å². The van der Waals surface area contributed by atoms with E-state index in [1.54, 1.807) is 0 Å². The summed E-state index contributed by atoms with van der Waals surface area (Å²) in [5.74, 6) is 0.480. The van der Waals surface area contributed by atoms with E-state index in [2.05, 4.69) is 26.1 Å². The van der Waals surface area contributed by atoms with Gasteiger partial charge in [0.1, 0.15) is 0 Å². The maximum Gasteiger partial charge on any atom is 0.0592 e. The van der Waals surface area contributed by atoms with Crippen molar-refractivity contribution < 1.29 is 5.11 Å². The molecule has 0 aromatic heterocycles. The zero-order valence-corrected chi connectivity index (χ0v) is 9.14. The Morgan fingerprint density at radius 1 is 1.38 bits per heavy atom. The summed E-state index contributed by atoms with van der Waals surface area (Å²) < 4.78 is 0. The monoisotopic (exact) mass is 185 g/mol. The van der Waals surface area contributed by atoms with Crippen LogP contribution in [0.4, 0.5) is 0 Å². The van der Waals surface area contributed by atoms with Crippen LogP contribution in [-0.4, -0.2) is 24.3 Å². The van der Waals surface area contributed by atoms with Gasteiger partial charge in [0.25, 0.3) is 0 Å². The van der Waals surface area contributed by atoms with Crippen LogP contribution in [0, 0.1) is 11.3 Å². The molecule has 2 heteroatoms. The van der Waals surface area contributed by atoms with E-state index in [0.717, 1.165) is 25.9 Å². The number of hydrogen-bond donors (Lipinski definition) is 2. The number of rotatable bonds is 2. The van der Waals surface area contributed by atoms with E-state index in [1.165, 1.54) is 6.42 Å². The van der Waals surface area contributed by atoms with Crippen molar-refractivity contribution >= 4 is 0 Å². The summed E-state index contributed by atoms with van der Waals surface area (Å²) in [4.78, 5) is 0. The predicted molar refractivity (Wildman–Crippen MR) is 55.7 cm³/mol. The Morgan fingerprint density at radius 3 is 2.62 bits per heavy atom. The van der Waals surface area contributed by atoms with Crippen molar-refractivity contribution in [3.63, 3.8) is 0 Å². The number of aliphatic hydroxyl groups excluding tert-OH is 1. The Bertz CT molecular complexity index is 151. The van der Waals surface area contributed by atoms with Crippen molar-refractivity contribution in [1.82, 2.24) is 5.32 Å². The quantitative estimate of drug-likeness (QED) is 0.687. The highest BCUT2D eigenvalue weighted by atomic mass is 16.3. The highest BCUT2D eigenvalue weighted by Gasteiger charge is 2.24. The van der Waals surface area contributed by atoms with E-state index in [0.29, 0.717) is 11.3 Å². The van der Waals surface area contributed by atoms with Crippen LogP contribution in [0.15, 0.2) is 0 Å². The summed E-state index contributed by atoms with van der Waals surface area (Å²) in [6.45, 7) is 8.76. The first-order valence-electron chi connectivity index (χ1n) is 5.38. The van der Waals surface area contributed by atoms with E-state index in [4.69, 9.17) is 0 Å². The third-order valence-electron chi connectivity index (χ3n) is 2.83. The molecule has 0 aromatic carbocycles. The Labute approximate surface area is 81.7 Å². The zero-order valence-electron chi connectivity index (χ0n) is 9.14. The van der Waals surface area contributed by atoms with Crippen LogP contribution in [0.5, 0.6) is 0 Å². The van der Waals surface area contributed by atoms with Gasteiger partial charge in [0.05, 0.1) is 6.10 Å². The van der Waals surface area contributed by atoms with Crippen LogP contribution in [0.2, 0.25) is 0 Å². The molecule has 0 bridgehead atoms. The van der Waals surface area contributed by atoms with Gasteiger partial charge in [0.2, 0.25) is 0 Å². The fourth-order valence-corrected chi connectivity index (χ4v) is 1.82. The van der Waals surface area contributed by atoms with Gasteiger partial charge < -0.3 is 10.4 Å². The molecule has 0 radical (unpaired) electrons. The molecule has 0 amide bonds. The molecule has 0 aliphatic carbocycles. The molecule has 2 N–H and O–H groups in total. The molecular formula is C11H23NO. The van der Waals surface area contributed by atoms with Gasteiger partial charge in [-0.25, -0.2) is 0 Å². The Kier molecular flexibility index (Phi) is 3.74. The minimum absolute atomic E-state index is 0.0661. The molecule has 2 atom stereocenters. The molecule has 2 unspecified atom stereocenters. The Morgan fingerprint density at radius 2 is 2.08 bits per heavy atom. The number of aliphatic hydroxyl groups is 1. The van der Waals surface area contributed by atoms with Crippen molar-refractivity contribution in [2.24, 2.45) is 11.3 Å². The lowest BCUT2D eigenvalue weighted by atomic mass is 9.83. The van der Waals surface area contributed by atoms with Crippen LogP contribution in [0.1, 0.15) is 40.0 Å². The first-order chi connectivity index (χ1) is 5.99. The van der Waals surface area contributed by atoms with Gasteiger partial charge in [-0.15, -0.1) is 0 Å². The lowest BCUT2D eigenvalue weighted by Crippen LogP contribution is -2.40. The van der Waals surface area contributed by atoms with Crippen LogP contribution >= 0.6 is 0 Å². The van der Waals surface area contributed by atoms with Crippen molar-refractivity contribution in [1.29, 1.82) is 0 Å². The van der Waals surface area contributed by atoms with E-state index >= 15 is 0 Å². The summed E-state index contributed by atoms with van der Waals surface area (Å²) in [6, 6.07) is 0. The van der Waals surface area contributed by atoms with Gasteiger partial charge in [-0.3, -0.25) is 0 Å². The summed E-state index contributed by atoms with van der Waals surface area (Å²) in [5, 5.41) is 13.1. The number of piperidine rings is 1. The topological polar surface area (TPSA) is 32.3 Å². The highest BCUT2D eigenvalue weighted by Crippen LogP contribution is 2.26. The van der Waals surface area contributed by atoms with Crippen LogP contribution in [-0.2, 0) is 0 Å². The summed E-state index contributed by atoms with van der Waals surface area (Å²) in [5.41, 5.74) is 0.400. The fourth-order valence-electron chi connectivity index (χ4n) is 1.82. The summed E-state index contributed by atoms with van der Waals surface area (Å²) >= 11 is 0. The molecule has 1 aliphatic rings. The SMILES string of the molecule is CC(C)(C)CCC1CNCCC1O. The van der Waals surface area contributed by atoms with Crippen molar-refractivity contribution in [3.8, 4) is 0 Å². The minimum atomic E-state index is -0.0661. The lowest BCUT2D eigenvalue weighted by Gasteiger charge is -2.30. The average molecular weight is 185 g/mol. The van der Waals surface area contributed by atoms with Crippen LogP contribution < -0.4 is 5.32 Å². The second-order valence-electron chi connectivity index (χ2n) is 5.42. The van der Waals surface area contributed by atoms with Gasteiger partial charge in [0, 0.05) is 6.54 Å². The molecule has 1 fully saturated rings. The molecule has 1 heterocycles. The summed E-state index contributed by atoms with van der Waals surface area (Å²) in [7, 11) is 0. The molecule has 0 spiro atoms. The van der Waals surface area contributed by atoms with Gasteiger partial charge in [-0.2, -0.15) is 0 Å². The van der Waals surface area contributed by atoms with Gasteiger partial charge >= 0.3 is 0 Å². The average Bonchev–Trinajstić information content (AvgIpc) is 2.01. The standard InChI is InChI=1S/C11H23NO/c1-11(2,3)6-4-9-8-12-7-5-10(9)13/h9-10,12-13H,4-8H2,1-3H3. The summed E-state index contributed by atoms with van der Waals surface area (Å²) in [6.07, 6.45) is 3.21. The van der Waals surface area contributed by atoms with Gasteiger partial charge in [0.15, 0.2) is 0 Å². The molecule has 0 aromatic rings. The maximum absolute atomic E-state index is 9.73. The largest absolute Gasteiger partial charge is 0.393 e. The first-order valence-corrected chi connectivity index (χ1v) is 5.38. The predicted octanol–water partition coefficient (Wildman–Crippen LogP) is 1.78. The van der Waals surface area contributed by atoms with E-state index in [9.17, 15) is 5.11 Å². The molecule has 2 nitrogen and oxygen atoms in total. The molecule has 13 heavy (non-hydrogen) atoms. The second kappa shape index (κ2) is 4.43. The highest BCUT2D eigenvalue weighted by molar-refractivity contribution is 4.78. The van der Waals surface area contributed by atoms with Crippen LogP contribution in [0.3, 0.4) is 0 Å². The first kappa shape index (κ1) is 11.0.